The van der Waals surface area contributed by atoms with Gasteiger partial charge in [0.1, 0.15) is 0 Å². The smallest absolute Gasteiger partial charge is 0.337 e. The summed E-state index contributed by atoms with van der Waals surface area (Å²) in [4.78, 5) is 24.5. The molecule has 0 atom stereocenters. The van der Waals surface area contributed by atoms with Crippen molar-refractivity contribution in [1.29, 1.82) is 0 Å². The molecule has 0 spiro atoms. The van der Waals surface area contributed by atoms with Crippen molar-refractivity contribution in [3.8, 4) is 0 Å². The Morgan fingerprint density at radius 1 is 1.39 bits per heavy atom. The van der Waals surface area contributed by atoms with E-state index in [4.69, 9.17) is 10.8 Å². The highest BCUT2D eigenvalue weighted by molar-refractivity contribution is 7.89. The van der Waals surface area contributed by atoms with E-state index in [1.165, 1.54) is 0 Å². The maximum atomic E-state index is 11.6. The second kappa shape index (κ2) is 5.56. The molecule has 4 N–H and O–H groups in total. The fourth-order valence-corrected chi connectivity index (χ4v) is 2.01. The predicted octanol–water partition coefficient (Wildman–Crippen LogP) is -1.07. The van der Waals surface area contributed by atoms with E-state index in [0.29, 0.717) is 0 Å². The number of aromatic carboxylic acids is 1. The Kier molecular flexibility index (Phi) is 4.34. The molecule has 0 aliphatic heterocycles. The summed E-state index contributed by atoms with van der Waals surface area (Å²) in [5, 5.41) is 8.30. The number of pyridine rings is 1. The highest BCUT2D eigenvalue weighted by Gasteiger charge is 2.16. The Morgan fingerprint density at radius 3 is 2.50 bits per heavy atom. The number of hydrogen-bond acceptors (Lipinski definition) is 5. The van der Waals surface area contributed by atoms with Crippen LogP contribution in [0.4, 0.5) is 0 Å². The lowest BCUT2D eigenvalue weighted by Gasteiger charge is -2.04. The maximum absolute atomic E-state index is 11.6. The molecule has 1 heterocycles. The first-order chi connectivity index (χ1) is 8.33. The second-order valence-corrected chi connectivity index (χ2v) is 5.02. The predicted molar refractivity (Wildman–Crippen MR) is 60.2 cm³/mol. The van der Waals surface area contributed by atoms with Crippen LogP contribution in [-0.2, 0) is 14.8 Å². The number of amides is 1. The normalized spacial score (nSPS) is 11.1. The van der Waals surface area contributed by atoms with Crippen molar-refractivity contribution < 1.29 is 23.1 Å². The Bertz CT molecular complexity index is 552. The van der Waals surface area contributed by atoms with Crippen molar-refractivity contribution in [2.75, 3.05) is 6.54 Å². The van der Waals surface area contributed by atoms with Gasteiger partial charge in [-0.2, -0.15) is 0 Å². The molecule has 0 radical (unpaired) electrons. The molecule has 9 heteroatoms. The minimum absolute atomic E-state index is 0.119. The minimum atomic E-state index is -3.86. The van der Waals surface area contributed by atoms with Crippen LogP contribution in [0.2, 0.25) is 0 Å². The number of hydrogen-bond donors (Lipinski definition) is 3. The molecule has 1 rings (SSSR count). The highest BCUT2D eigenvalue weighted by Crippen LogP contribution is 2.06. The van der Waals surface area contributed by atoms with Crippen LogP contribution in [0.15, 0.2) is 23.4 Å². The molecule has 0 fully saturated rings. The molecule has 18 heavy (non-hydrogen) atoms. The molecule has 0 aliphatic rings. The van der Waals surface area contributed by atoms with Gasteiger partial charge in [-0.3, -0.25) is 4.79 Å². The van der Waals surface area contributed by atoms with E-state index in [9.17, 15) is 18.0 Å². The Labute approximate surface area is 103 Å². The molecule has 0 aliphatic carbocycles. The number of nitrogens with one attached hydrogen (secondary N) is 1. The number of carboxylic acid groups (broad SMARTS) is 1. The van der Waals surface area contributed by atoms with Crippen LogP contribution in [0.3, 0.4) is 0 Å². The molecule has 8 nitrogen and oxygen atoms in total. The summed E-state index contributed by atoms with van der Waals surface area (Å²) >= 11 is 0. The first-order valence-corrected chi connectivity index (χ1v) is 6.28. The zero-order valence-electron chi connectivity index (χ0n) is 9.16. The van der Waals surface area contributed by atoms with Gasteiger partial charge in [-0.25, -0.2) is 22.9 Å². The van der Waals surface area contributed by atoms with Gasteiger partial charge in [-0.1, -0.05) is 0 Å². The molecule has 0 unspecified atom stereocenters. The van der Waals surface area contributed by atoms with Crippen molar-refractivity contribution in [2.24, 2.45) is 5.73 Å². The van der Waals surface area contributed by atoms with E-state index in [2.05, 4.69) is 9.71 Å². The van der Waals surface area contributed by atoms with E-state index in [-0.39, 0.29) is 23.6 Å². The van der Waals surface area contributed by atoms with Gasteiger partial charge in [0.05, 0.1) is 5.56 Å². The fourth-order valence-electron chi connectivity index (χ4n) is 1.05. The van der Waals surface area contributed by atoms with E-state index in [0.717, 1.165) is 18.3 Å². The van der Waals surface area contributed by atoms with Crippen LogP contribution in [0, 0.1) is 0 Å². The summed E-state index contributed by atoms with van der Waals surface area (Å²) in [5.74, 6) is -1.83. The van der Waals surface area contributed by atoms with Gasteiger partial charge in [-0.15, -0.1) is 0 Å². The van der Waals surface area contributed by atoms with Crippen LogP contribution < -0.4 is 10.5 Å². The summed E-state index contributed by atoms with van der Waals surface area (Å²) < 4.78 is 25.4. The van der Waals surface area contributed by atoms with Gasteiger partial charge in [0.15, 0.2) is 5.03 Å². The highest BCUT2D eigenvalue weighted by atomic mass is 32.2. The summed E-state index contributed by atoms with van der Waals surface area (Å²) in [6.07, 6.45) is 0.803. The van der Waals surface area contributed by atoms with Gasteiger partial charge in [0, 0.05) is 19.2 Å². The topological polar surface area (TPSA) is 139 Å². The molecule has 98 valence electrons. The van der Waals surface area contributed by atoms with Crippen LogP contribution in [0.25, 0.3) is 0 Å². The van der Waals surface area contributed by atoms with Crippen molar-refractivity contribution in [3.05, 3.63) is 23.9 Å². The number of sulfonamides is 1. The SMILES string of the molecule is NC(=O)CCNS(=O)(=O)c1ccc(C(=O)O)cn1. The standard InChI is InChI=1S/C9H11N3O5S/c10-7(13)3-4-12-18(16,17)8-2-1-6(5-11-8)9(14)15/h1-2,5,12H,3-4H2,(H2,10,13)(H,14,15). The summed E-state index contributed by atoms with van der Waals surface area (Å²) in [6, 6.07) is 2.19. The van der Waals surface area contributed by atoms with Crippen molar-refractivity contribution in [2.45, 2.75) is 11.4 Å². The fraction of sp³-hybridized carbons (Fsp3) is 0.222. The van der Waals surface area contributed by atoms with Gasteiger partial charge in [0.25, 0.3) is 10.0 Å². The molecule has 0 bridgehead atoms. The number of carbonyl (C=O) groups excluding carboxylic acids is 1. The van der Waals surface area contributed by atoms with Gasteiger partial charge in [-0.05, 0) is 12.1 Å². The zero-order valence-corrected chi connectivity index (χ0v) is 9.98. The Balaban J connectivity index is 2.79. The number of nitrogens with two attached hydrogens (primary N) is 1. The Morgan fingerprint density at radius 2 is 2.06 bits per heavy atom. The summed E-state index contributed by atoms with van der Waals surface area (Å²) in [7, 11) is -3.86. The second-order valence-electron chi connectivity index (χ2n) is 3.30. The number of primary amides is 1. The first-order valence-electron chi connectivity index (χ1n) is 4.80. The third kappa shape index (κ3) is 3.79. The van der Waals surface area contributed by atoms with Crippen LogP contribution in [-0.4, -0.2) is 36.9 Å². The maximum Gasteiger partial charge on any atom is 0.337 e. The molecular formula is C9H11N3O5S. The van der Waals surface area contributed by atoms with Crippen molar-refractivity contribution in [3.63, 3.8) is 0 Å². The largest absolute Gasteiger partial charge is 0.478 e. The quantitative estimate of drug-likeness (QED) is 0.603. The van der Waals surface area contributed by atoms with Crippen molar-refractivity contribution in [1.82, 2.24) is 9.71 Å². The third-order valence-corrected chi connectivity index (χ3v) is 3.30. The number of rotatable bonds is 6. The minimum Gasteiger partial charge on any atom is -0.478 e. The number of aromatic nitrogens is 1. The van der Waals surface area contributed by atoms with Crippen molar-refractivity contribution >= 4 is 21.9 Å². The molecule has 1 amide bonds. The summed E-state index contributed by atoms with van der Waals surface area (Å²) in [5.41, 5.74) is 4.74. The average Bonchev–Trinajstić information content (AvgIpc) is 2.28. The lowest BCUT2D eigenvalue weighted by Crippen LogP contribution is -2.28. The van der Waals surface area contributed by atoms with E-state index < -0.39 is 21.9 Å². The average molecular weight is 273 g/mol. The third-order valence-electron chi connectivity index (χ3n) is 1.92. The molecule has 0 saturated carbocycles. The molecule has 1 aromatic rings. The Hall–Kier alpha value is -2.00. The van der Waals surface area contributed by atoms with E-state index in [1.54, 1.807) is 0 Å². The first kappa shape index (κ1) is 14.1. The molecular weight excluding hydrogens is 262 g/mol. The van der Waals surface area contributed by atoms with Gasteiger partial charge in [0.2, 0.25) is 5.91 Å². The molecule has 1 aromatic heterocycles. The van der Waals surface area contributed by atoms with Gasteiger partial charge >= 0.3 is 5.97 Å². The number of carbonyl (C=O) groups is 2. The number of nitrogens with zero attached hydrogens (tertiary/aromatic N) is 1. The van der Waals surface area contributed by atoms with Crippen LogP contribution in [0.5, 0.6) is 0 Å². The zero-order chi connectivity index (χ0) is 13.8. The van der Waals surface area contributed by atoms with Gasteiger partial charge < -0.3 is 10.8 Å². The lowest BCUT2D eigenvalue weighted by molar-refractivity contribution is -0.117. The van der Waals surface area contributed by atoms with Crippen LogP contribution >= 0.6 is 0 Å². The van der Waals surface area contributed by atoms with E-state index >= 15 is 0 Å². The molecule has 0 saturated heterocycles. The number of carboxylic acids is 1. The van der Waals surface area contributed by atoms with Crippen LogP contribution in [0.1, 0.15) is 16.8 Å². The monoisotopic (exact) mass is 273 g/mol. The lowest BCUT2D eigenvalue weighted by atomic mass is 10.3. The summed E-state index contributed by atoms with van der Waals surface area (Å²) in [6.45, 7) is -0.139. The molecule has 0 aromatic carbocycles. The van der Waals surface area contributed by atoms with E-state index in [1.807, 2.05) is 0 Å².